The average molecular weight is 298 g/mol. The van der Waals surface area contributed by atoms with E-state index in [1.807, 2.05) is 13.1 Å². The van der Waals surface area contributed by atoms with Crippen molar-refractivity contribution in [3.05, 3.63) is 40.2 Å². The molecule has 1 aromatic carbocycles. The minimum atomic E-state index is -0.254. The molecule has 0 saturated heterocycles. The third-order valence-corrected chi connectivity index (χ3v) is 3.37. The maximum absolute atomic E-state index is 13.2. The van der Waals surface area contributed by atoms with Gasteiger partial charge >= 0.3 is 0 Å². The van der Waals surface area contributed by atoms with E-state index in [1.54, 1.807) is 10.7 Å². The van der Waals surface area contributed by atoms with E-state index in [4.69, 9.17) is 5.73 Å². The molecule has 90 valence electrons. The standard InChI is InChI=1S/C12H13BrFN3/c1-17-12(8-3-2-4-9(14)7-8)11(13)10(16-17)5-6-15/h2-4,7H,5-6,15H2,1H3. The van der Waals surface area contributed by atoms with Crippen LogP contribution in [0.2, 0.25) is 0 Å². The molecule has 3 nitrogen and oxygen atoms in total. The van der Waals surface area contributed by atoms with Crippen molar-refractivity contribution < 1.29 is 4.39 Å². The monoisotopic (exact) mass is 297 g/mol. The Morgan fingerprint density at radius 1 is 1.47 bits per heavy atom. The van der Waals surface area contributed by atoms with E-state index >= 15 is 0 Å². The number of benzene rings is 1. The summed E-state index contributed by atoms with van der Waals surface area (Å²) in [7, 11) is 1.84. The highest BCUT2D eigenvalue weighted by molar-refractivity contribution is 9.10. The van der Waals surface area contributed by atoms with E-state index in [2.05, 4.69) is 21.0 Å². The topological polar surface area (TPSA) is 43.8 Å². The first-order valence-corrected chi connectivity index (χ1v) is 6.10. The Balaban J connectivity index is 2.52. The number of hydrogen-bond donors (Lipinski definition) is 1. The van der Waals surface area contributed by atoms with E-state index in [0.717, 1.165) is 21.4 Å². The molecule has 0 amide bonds. The molecular formula is C12H13BrFN3. The summed E-state index contributed by atoms with van der Waals surface area (Å²) in [6.45, 7) is 0.540. The molecule has 0 fully saturated rings. The molecule has 0 aliphatic rings. The minimum Gasteiger partial charge on any atom is -0.330 e. The van der Waals surface area contributed by atoms with E-state index in [9.17, 15) is 4.39 Å². The predicted octanol–water partition coefficient (Wildman–Crippen LogP) is 2.49. The smallest absolute Gasteiger partial charge is 0.123 e. The number of hydrogen-bond acceptors (Lipinski definition) is 2. The summed E-state index contributed by atoms with van der Waals surface area (Å²) in [5.74, 6) is -0.254. The van der Waals surface area contributed by atoms with Gasteiger partial charge in [0.25, 0.3) is 0 Å². The normalized spacial score (nSPS) is 10.8. The molecule has 0 atom stereocenters. The van der Waals surface area contributed by atoms with Gasteiger partial charge < -0.3 is 5.73 Å². The fraction of sp³-hybridized carbons (Fsp3) is 0.250. The molecule has 0 aliphatic carbocycles. The number of halogens is 2. The molecule has 0 radical (unpaired) electrons. The van der Waals surface area contributed by atoms with Crippen LogP contribution in [0.5, 0.6) is 0 Å². The van der Waals surface area contributed by atoms with Gasteiger partial charge in [0.1, 0.15) is 5.82 Å². The Morgan fingerprint density at radius 2 is 2.24 bits per heavy atom. The molecule has 2 rings (SSSR count). The third kappa shape index (κ3) is 2.40. The van der Waals surface area contributed by atoms with Crippen LogP contribution in [-0.4, -0.2) is 16.3 Å². The molecule has 0 unspecified atom stereocenters. The van der Waals surface area contributed by atoms with Gasteiger partial charge in [-0.2, -0.15) is 5.10 Å². The maximum atomic E-state index is 13.2. The summed E-state index contributed by atoms with van der Waals surface area (Å²) in [5.41, 5.74) is 8.09. The summed E-state index contributed by atoms with van der Waals surface area (Å²) >= 11 is 3.50. The molecule has 1 aromatic heterocycles. The van der Waals surface area contributed by atoms with Gasteiger partial charge in [0, 0.05) is 19.0 Å². The van der Waals surface area contributed by atoms with Gasteiger partial charge in [0.05, 0.1) is 15.9 Å². The molecule has 1 heterocycles. The van der Waals surface area contributed by atoms with Gasteiger partial charge in [0.15, 0.2) is 0 Å². The first kappa shape index (κ1) is 12.3. The second-order valence-corrected chi connectivity index (χ2v) is 4.57. The fourth-order valence-electron chi connectivity index (χ4n) is 1.80. The zero-order valence-electron chi connectivity index (χ0n) is 9.45. The summed E-state index contributed by atoms with van der Waals surface area (Å²) < 4.78 is 15.8. The lowest BCUT2D eigenvalue weighted by Gasteiger charge is -2.03. The Kier molecular flexibility index (Phi) is 3.59. The summed E-state index contributed by atoms with van der Waals surface area (Å²) in [5, 5.41) is 4.37. The lowest BCUT2D eigenvalue weighted by molar-refractivity contribution is 0.628. The number of nitrogens with zero attached hydrogens (tertiary/aromatic N) is 2. The van der Waals surface area contributed by atoms with Gasteiger partial charge in [-0.15, -0.1) is 0 Å². The van der Waals surface area contributed by atoms with Crippen molar-refractivity contribution in [3.63, 3.8) is 0 Å². The highest BCUT2D eigenvalue weighted by Gasteiger charge is 2.15. The van der Waals surface area contributed by atoms with Crippen molar-refractivity contribution in [1.82, 2.24) is 9.78 Å². The van der Waals surface area contributed by atoms with Gasteiger partial charge in [0.2, 0.25) is 0 Å². The highest BCUT2D eigenvalue weighted by Crippen LogP contribution is 2.31. The van der Waals surface area contributed by atoms with Crippen molar-refractivity contribution >= 4 is 15.9 Å². The SMILES string of the molecule is Cn1nc(CCN)c(Br)c1-c1cccc(F)c1. The zero-order valence-corrected chi connectivity index (χ0v) is 11.0. The first-order chi connectivity index (χ1) is 8.13. The van der Waals surface area contributed by atoms with E-state index in [0.29, 0.717) is 13.0 Å². The molecule has 5 heteroatoms. The van der Waals surface area contributed by atoms with Crippen LogP contribution in [0.1, 0.15) is 5.69 Å². The van der Waals surface area contributed by atoms with Crippen molar-refractivity contribution in [2.75, 3.05) is 6.54 Å². The molecule has 0 aliphatic heterocycles. The third-order valence-electron chi connectivity index (χ3n) is 2.53. The van der Waals surface area contributed by atoms with Gasteiger partial charge in [-0.05, 0) is 34.6 Å². The van der Waals surface area contributed by atoms with Crippen molar-refractivity contribution in [3.8, 4) is 11.3 Å². The second-order valence-electron chi connectivity index (χ2n) is 3.78. The highest BCUT2D eigenvalue weighted by atomic mass is 79.9. The largest absolute Gasteiger partial charge is 0.330 e. The summed E-state index contributed by atoms with van der Waals surface area (Å²) in [6, 6.07) is 6.46. The Bertz CT molecular complexity index is 537. The minimum absolute atomic E-state index is 0.254. The average Bonchev–Trinajstić information content (AvgIpc) is 2.55. The summed E-state index contributed by atoms with van der Waals surface area (Å²) in [4.78, 5) is 0. The Morgan fingerprint density at radius 3 is 2.88 bits per heavy atom. The number of aromatic nitrogens is 2. The van der Waals surface area contributed by atoms with Crippen molar-refractivity contribution in [2.45, 2.75) is 6.42 Å². The zero-order chi connectivity index (χ0) is 12.4. The molecule has 0 spiro atoms. The molecule has 2 aromatic rings. The second kappa shape index (κ2) is 4.98. The van der Waals surface area contributed by atoms with Crippen LogP contribution in [0.25, 0.3) is 11.3 Å². The van der Waals surface area contributed by atoms with Crippen LogP contribution in [0, 0.1) is 5.82 Å². The van der Waals surface area contributed by atoms with Crippen LogP contribution >= 0.6 is 15.9 Å². The lowest BCUT2D eigenvalue weighted by Crippen LogP contribution is -2.04. The molecule has 17 heavy (non-hydrogen) atoms. The Labute approximate surface area is 108 Å². The maximum Gasteiger partial charge on any atom is 0.123 e. The van der Waals surface area contributed by atoms with Gasteiger partial charge in [-0.3, -0.25) is 4.68 Å². The van der Waals surface area contributed by atoms with Gasteiger partial charge in [-0.25, -0.2) is 4.39 Å². The molecular weight excluding hydrogens is 285 g/mol. The molecule has 2 N–H and O–H groups in total. The Hall–Kier alpha value is -1.20. The van der Waals surface area contributed by atoms with Crippen molar-refractivity contribution in [1.29, 1.82) is 0 Å². The van der Waals surface area contributed by atoms with Crippen LogP contribution in [-0.2, 0) is 13.5 Å². The van der Waals surface area contributed by atoms with Crippen LogP contribution in [0.3, 0.4) is 0 Å². The lowest BCUT2D eigenvalue weighted by atomic mass is 10.1. The number of nitrogens with two attached hydrogens (primary N) is 1. The van der Waals surface area contributed by atoms with Crippen molar-refractivity contribution in [2.24, 2.45) is 12.8 Å². The van der Waals surface area contributed by atoms with Gasteiger partial charge in [-0.1, -0.05) is 12.1 Å². The summed E-state index contributed by atoms with van der Waals surface area (Å²) in [6.07, 6.45) is 0.698. The predicted molar refractivity (Wildman–Crippen MR) is 69.1 cm³/mol. The van der Waals surface area contributed by atoms with E-state index < -0.39 is 0 Å². The fourth-order valence-corrected chi connectivity index (χ4v) is 2.56. The van der Waals surface area contributed by atoms with E-state index in [-0.39, 0.29) is 5.82 Å². The first-order valence-electron chi connectivity index (χ1n) is 5.31. The van der Waals surface area contributed by atoms with Crippen LogP contribution in [0.4, 0.5) is 4.39 Å². The quantitative estimate of drug-likeness (QED) is 0.946. The number of rotatable bonds is 3. The number of aryl methyl sites for hydroxylation is 1. The van der Waals surface area contributed by atoms with E-state index in [1.165, 1.54) is 12.1 Å². The van der Waals surface area contributed by atoms with Crippen LogP contribution < -0.4 is 5.73 Å². The molecule has 0 saturated carbocycles. The molecule has 0 bridgehead atoms. The van der Waals surface area contributed by atoms with Crippen LogP contribution in [0.15, 0.2) is 28.7 Å².